The van der Waals surface area contributed by atoms with E-state index in [-0.39, 0.29) is 5.91 Å². The Labute approximate surface area is 123 Å². The van der Waals surface area contributed by atoms with E-state index in [2.05, 4.69) is 20.4 Å². The van der Waals surface area contributed by atoms with E-state index in [0.29, 0.717) is 12.0 Å². The Bertz CT molecular complexity index is 685. The van der Waals surface area contributed by atoms with Crippen molar-refractivity contribution in [3.63, 3.8) is 0 Å². The molecule has 0 radical (unpaired) electrons. The van der Waals surface area contributed by atoms with Crippen LogP contribution in [-0.4, -0.2) is 46.7 Å². The number of hydrogen-bond donors (Lipinski definition) is 2. The van der Waals surface area contributed by atoms with Crippen LogP contribution in [-0.2, 0) is 0 Å². The smallest absolute Gasteiger partial charge is 0.251 e. The van der Waals surface area contributed by atoms with E-state index < -0.39 is 0 Å². The van der Waals surface area contributed by atoms with Crippen LogP contribution in [0.25, 0.3) is 10.9 Å². The van der Waals surface area contributed by atoms with Crippen LogP contribution in [0.15, 0.2) is 18.2 Å². The Morgan fingerprint density at radius 3 is 2.90 bits per heavy atom. The summed E-state index contributed by atoms with van der Waals surface area (Å²) in [6.07, 6.45) is 2.43. The number of aromatic amines is 1. The number of benzene rings is 1. The van der Waals surface area contributed by atoms with Gasteiger partial charge in [0.15, 0.2) is 0 Å². The average Bonchev–Trinajstić information content (AvgIpc) is 2.89. The van der Waals surface area contributed by atoms with E-state index in [1.807, 2.05) is 25.1 Å². The van der Waals surface area contributed by atoms with Gasteiger partial charge in [-0.3, -0.25) is 9.89 Å². The highest BCUT2D eigenvalue weighted by Crippen LogP contribution is 2.27. The number of aromatic nitrogens is 2. The lowest BCUT2D eigenvalue weighted by atomic mass is 9.84. The molecule has 3 fully saturated rings. The van der Waals surface area contributed by atoms with Crippen LogP contribution in [0.3, 0.4) is 0 Å². The zero-order valence-electron chi connectivity index (χ0n) is 12.2. The molecule has 110 valence electrons. The molecule has 3 saturated heterocycles. The summed E-state index contributed by atoms with van der Waals surface area (Å²) in [6.45, 7) is 5.36. The van der Waals surface area contributed by atoms with Gasteiger partial charge in [0.25, 0.3) is 5.91 Å². The summed E-state index contributed by atoms with van der Waals surface area (Å²) in [4.78, 5) is 15.0. The first kappa shape index (κ1) is 12.8. The van der Waals surface area contributed by atoms with Crippen molar-refractivity contribution in [2.45, 2.75) is 25.8 Å². The van der Waals surface area contributed by atoms with Crippen molar-refractivity contribution < 1.29 is 4.79 Å². The minimum atomic E-state index is 0.0382. The second-order valence-electron chi connectivity index (χ2n) is 6.30. The summed E-state index contributed by atoms with van der Waals surface area (Å²) in [5, 5.41) is 11.4. The zero-order valence-corrected chi connectivity index (χ0v) is 12.2. The van der Waals surface area contributed by atoms with Gasteiger partial charge in [-0.1, -0.05) is 0 Å². The lowest BCUT2D eigenvalue weighted by molar-refractivity contribution is 0.0620. The molecule has 0 unspecified atom stereocenters. The monoisotopic (exact) mass is 284 g/mol. The van der Waals surface area contributed by atoms with Crippen LogP contribution in [0, 0.1) is 12.8 Å². The molecular weight excluding hydrogens is 264 g/mol. The van der Waals surface area contributed by atoms with Gasteiger partial charge in [0.1, 0.15) is 0 Å². The summed E-state index contributed by atoms with van der Waals surface area (Å²) < 4.78 is 0. The lowest BCUT2D eigenvalue weighted by Gasteiger charge is -2.44. The SMILES string of the molecule is Cc1[nH]nc2ccc(C(=O)N[C@H]3CN4CCC3CC4)cc12. The molecule has 5 nitrogen and oxygen atoms in total. The first-order valence-corrected chi connectivity index (χ1v) is 7.68. The van der Waals surface area contributed by atoms with E-state index in [1.165, 1.54) is 25.9 Å². The summed E-state index contributed by atoms with van der Waals surface area (Å²) in [7, 11) is 0. The summed E-state index contributed by atoms with van der Waals surface area (Å²) in [5.41, 5.74) is 2.64. The fourth-order valence-electron chi connectivity index (χ4n) is 3.66. The maximum absolute atomic E-state index is 12.5. The van der Waals surface area contributed by atoms with Crippen LogP contribution in [0.4, 0.5) is 0 Å². The van der Waals surface area contributed by atoms with Crippen molar-refractivity contribution in [3.8, 4) is 0 Å². The molecular formula is C16H20N4O. The molecule has 1 amide bonds. The minimum Gasteiger partial charge on any atom is -0.348 e. The zero-order chi connectivity index (χ0) is 14.4. The number of rotatable bonds is 2. The van der Waals surface area contributed by atoms with Crippen molar-refractivity contribution in [1.82, 2.24) is 20.4 Å². The fraction of sp³-hybridized carbons (Fsp3) is 0.500. The third kappa shape index (κ3) is 2.21. The lowest BCUT2D eigenvalue weighted by Crippen LogP contribution is -2.57. The molecule has 3 aliphatic heterocycles. The Morgan fingerprint density at radius 2 is 2.19 bits per heavy atom. The average molecular weight is 284 g/mol. The van der Waals surface area contributed by atoms with Gasteiger partial charge >= 0.3 is 0 Å². The van der Waals surface area contributed by atoms with E-state index in [9.17, 15) is 4.79 Å². The predicted molar refractivity (Wildman–Crippen MR) is 81.2 cm³/mol. The number of carbonyl (C=O) groups is 1. The molecule has 5 rings (SSSR count). The molecule has 2 N–H and O–H groups in total. The maximum atomic E-state index is 12.5. The number of nitrogens with zero attached hydrogens (tertiary/aromatic N) is 2. The van der Waals surface area contributed by atoms with Crippen LogP contribution in [0.5, 0.6) is 0 Å². The van der Waals surface area contributed by atoms with Crippen molar-refractivity contribution in [2.75, 3.05) is 19.6 Å². The molecule has 3 aliphatic rings. The van der Waals surface area contributed by atoms with Crippen molar-refractivity contribution >= 4 is 16.8 Å². The molecule has 2 aromatic rings. The fourth-order valence-corrected chi connectivity index (χ4v) is 3.66. The summed E-state index contributed by atoms with van der Waals surface area (Å²) >= 11 is 0. The van der Waals surface area contributed by atoms with Crippen LogP contribution >= 0.6 is 0 Å². The summed E-state index contributed by atoms with van der Waals surface area (Å²) in [6, 6.07) is 6.01. The van der Waals surface area contributed by atoms with Crippen LogP contribution < -0.4 is 5.32 Å². The number of aryl methyl sites for hydroxylation is 1. The maximum Gasteiger partial charge on any atom is 0.251 e. The molecule has 2 bridgehead atoms. The first-order valence-electron chi connectivity index (χ1n) is 7.68. The number of fused-ring (bicyclic) bond motifs is 4. The summed E-state index contributed by atoms with van der Waals surface area (Å²) in [5.74, 6) is 0.689. The highest BCUT2D eigenvalue weighted by molar-refractivity contribution is 5.98. The standard InChI is InChI=1S/C16H20N4O/c1-10-13-8-12(2-3-14(13)19-18-10)16(21)17-15-9-20-6-4-11(15)5-7-20/h2-3,8,11,15H,4-7,9H2,1H3,(H,17,21)(H,18,19)/t15-/m0/s1. The Balaban J connectivity index is 1.54. The molecule has 1 aromatic carbocycles. The van der Waals surface area contributed by atoms with E-state index in [0.717, 1.165) is 28.7 Å². The second kappa shape index (κ2) is 4.84. The van der Waals surface area contributed by atoms with Gasteiger partial charge in [-0.05, 0) is 57.0 Å². The van der Waals surface area contributed by atoms with E-state index in [4.69, 9.17) is 0 Å². The van der Waals surface area contributed by atoms with Crippen LogP contribution in [0.2, 0.25) is 0 Å². The van der Waals surface area contributed by atoms with E-state index in [1.54, 1.807) is 0 Å². The van der Waals surface area contributed by atoms with E-state index >= 15 is 0 Å². The van der Waals surface area contributed by atoms with Gasteiger partial charge in [-0.15, -0.1) is 0 Å². The number of nitrogens with one attached hydrogen (secondary N) is 2. The molecule has 0 saturated carbocycles. The van der Waals surface area contributed by atoms with Gasteiger partial charge in [0, 0.05) is 29.2 Å². The Hall–Kier alpha value is -1.88. The molecule has 1 atom stereocenters. The third-order valence-corrected chi connectivity index (χ3v) is 4.98. The van der Waals surface area contributed by atoms with Gasteiger partial charge in [-0.25, -0.2) is 0 Å². The third-order valence-electron chi connectivity index (χ3n) is 4.98. The number of carbonyl (C=O) groups excluding carboxylic acids is 1. The number of hydrogen-bond acceptors (Lipinski definition) is 3. The number of H-pyrrole nitrogens is 1. The highest BCUT2D eigenvalue weighted by Gasteiger charge is 2.34. The van der Waals surface area contributed by atoms with Gasteiger partial charge in [0.2, 0.25) is 0 Å². The number of amides is 1. The van der Waals surface area contributed by atoms with Crippen molar-refractivity contribution in [2.24, 2.45) is 5.92 Å². The molecule has 4 heterocycles. The van der Waals surface area contributed by atoms with Crippen molar-refractivity contribution in [1.29, 1.82) is 0 Å². The van der Waals surface area contributed by atoms with Gasteiger partial charge < -0.3 is 10.2 Å². The molecule has 5 heteroatoms. The Kier molecular flexibility index (Phi) is 2.96. The highest BCUT2D eigenvalue weighted by atomic mass is 16.1. The van der Waals surface area contributed by atoms with Crippen LogP contribution in [0.1, 0.15) is 28.9 Å². The minimum absolute atomic E-state index is 0.0382. The Morgan fingerprint density at radius 1 is 1.38 bits per heavy atom. The van der Waals surface area contributed by atoms with Gasteiger partial charge in [-0.2, -0.15) is 5.10 Å². The number of piperidine rings is 3. The largest absolute Gasteiger partial charge is 0.348 e. The van der Waals surface area contributed by atoms with Crippen molar-refractivity contribution in [3.05, 3.63) is 29.5 Å². The normalized spacial score (nSPS) is 28.0. The first-order chi connectivity index (χ1) is 10.2. The van der Waals surface area contributed by atoms with Gasteiger partial charge in [0.05, 0.1) is 5.52 Å². The quantitative estimate of drug-likeness (QED) is 0.882. The molecule has 0 aliphatic carbocycles. The molecule has 21 heavy (non-hydrogen) atoms. The molecule has 0 spiro atoms. The topological polar surface area (TPSA) is 61.0 Å². The predicted octanol–water partition coefficient (Wildman–Crippen LogP) is 1.70. The second-order valence-corrected chi connectivity index (χ2v) is 6.30. The molecule has 1 aromatic heterocycles.